The zero-order chi connectivity index (χ0) is 12.8. The van der Waals surface area contributed by atoms with Gasteiger partial charge in [0.25, 0.3) is 0 Å². The van der Waals surface area contributed by atoms with Crippen molar-refractivity contribution in [2.45, 2.75) is 6.61 Å². The molecular formula is C15H16O3. The molecule has 18 heavy (non-hydrogen) atoms. The molecule has 0 radical (unpaired) electrons. The molecule has 3 heteroatoms. The van der Waals surface area contributed by atoms with Crippen molar-refractivity contribution in [1.82, 2.24) is 0 Å². The van der Waals surface area contributed by atoms with Gasteiger partial charge in [-0.25, -0.2) is 0 Å². The number of methoxy groups -OCH3 is 2. The van der Waals surface area contributed by atoms with E-state index in [-0.39, 0.29) is 0 Å². The van der Waals surface area contributed by atoms with Crippen molar-refractivity contribution in [3.8, 4) is 17.2 Å². The minimum absolute atomic E-state index is 0.517. The van der Waals surface area contributed by atoms with Crippen molar-refractivity contribution in [1.29, 1.82) is 0 Å². The third-order valence-corrected chi connectivity index (χ3v) is 2.61. The Bertz CT molecular complexity index is 494. The average molecular weight is 244 g/mol. The quantitative estimate of drug-likeness (QED) is 0.807. The fourth-order valence-corrected chi connectivity index (χ4v) is 1.63. The monoisotopic (exact) mass is 244 g/mol. The Labute approximate surface area is 107 Å². The Hall–Kier alpha value is -2.16. The number of ether oxygens (including phenoxy) is 3. The van der Waals surface area contributed by atoms with Gasteiger partial charge in [0.2, 0.25) is 0 Å². The topological polar surface area (TPSA) is 27.7 Å². The lowest BCUT2D eigenvalue weighted by Crippen LogP contribution is -1.97. The Morgan fingerprint density at radius 3 is 2.28 bits per heavy atom. The summed E-state index contributed by atoms with van der Waals surface area (Å²) in [4.78, 5) is 0. The Kier molecular flexibility index (Phi) is 4.07. The minimum Gasteiger partial charge on any atom is -0.497 e. The highest BCUT2D eigenvalue weighted by Gasteiger charge is 2.06. The molecule has 3 nitrogen and oxygen atoms in total. The van der Waals surface area contributed by atoms with E-state index in [4.69, 9.17) is 14.2 Å². The van der Waals surface area contributed by atoms with Gasteiger partial charge in [0, 0.05) is 6.07 Å². The average Bonchev–Trinajstić information content (AvgIpc) is 2.46. The van der Waals surface area contributed by atoms with E-state index in [1.807, 2.05) is 42.5 Å². The van der Waals surface area contributed by atoms with E-state index in [0.717, 1.165) is 11.3 Å². The Morgan fingerprint density at radius 1 is 0.833 bits per heavy atom. The van der Waals surface area contributed by atoms with Gasteiger partial charge in [-0.3, -0.25) is 0 Å². The van der Waals surface area contributed by atoms with Gasteiger partial charge in [0.05, 0.1) is 14.2 Å². The van der Waals surface area contributed by atoms with Crippen LogP contribution in [0.1, 0.15) is 5.56 Å². The number of rotatable bonds is 5. The fraction of sp³-hybridized carbons (Fsp3) is 0.200. The maximum Gasteiger partial charge on any atom is 0.164 e. The lowest BCUT2D eigenvalue weighted by Gasteiger charge is -2.11. The van der Waals surface area contributed by atoms with Crippen molar-refractivity contribution in [2.75, 3.05) is 14.2 Å². The van der Waals surface area contributed by atoms with Gasteiger partial charge in [-0.15, -0.1) is 0 Å². The first-order chi connectivity index (χ1) is 8.83. The predicted molar refractivity (Wildman–Crippen MR) is 70.3 cm³/mol. The van der Waals surface area contributed by atoms with Gasteiger partial charge in [-0.05, 0) is 17.7 Å². The molecule has 0 unspecified atom stereocenters. The molecule has 2 rings (SSSR count). The van der Waals surface area contributed by atoms with Crippen molar-refractivity contribution in [2.24, 2.45) is 0 Å². The largest absolute Gasteiger partial charge is 0.497 e. The fourth-order valence-electron chi connectivity index (χ4n) is 1.63. The van der Waals surface area contributed by atoms with E-state index in [1.54, 1.807) is 20.3 Å². The second-order valence-electron chi connectivity index (χ2n) is 3.79. The van der Waals surface area contributed by atoms with Crippen LogP contribution in [0.25, 0.3) is 0 Å². The van der Waals surface area contributed by atoms with Crippen LogP contribution in [0.5, 0.6) is 17.2 Å². The zero-order valence-corrected chi connectivity index (χ0v) is 10.6. The molecule has 0 spiro atoms. The van der Waals surface area contributed by atoms with Crippen LogP contribution in [0.3, 0.4) is 0 Å². The van der Waals surface area contributed by atoms with Crippen molar-refractivity contribution < 1.29 is 14.2 Å². The lowest BCUT2D eigenvalue weighted by molar-refractivity contribution is 0.283. The summed E-state index contributed by atoms with van der Waals surface area (Å²) in [6.07, 6.45) is 0. The molecule has 0 aliphatic heterocycles. The van der Waals surface area contributed by atoms with E-state index in [9.17, 15) is 0 Å². The highest BCUT2D eigenvalue weighted by molar-refractivity contribution is 5.45. The van der Waals surface area contributed by atoms with Crippen LogP contribution in [0.15, 0.2) is 48.5 Å². The van der Waals surface area contributed by atoms with Gasteiger partial charge in [-0.1, -0.05) is 30.3 Å². The summed E-state index contributed by atoms with van der Waals surface area (Å²) in [7, 11) is 3.24. The van der Waals surface area contributed by atoms with Crippen LogP contribution in [-0.4, -0.2) is 14.2 Å². The van der Waals surface area contributed by atoms with Crippen LogP contribution in [0.2, 0.25) is 0 Å². The Morgan fingerprint density at radius 2 is 1.61 bits per heavy atom. The van der Waals surface area contributed by atoms with E-state index in [2.05, 4.69) is 0 Å². The van der Waals surface area contributed by atoms with E-state index in [1.165, 1.54) is 0 Å². The van der Waals surface area contributed by atoms with Crippen LogP contribution < -0.4 is 14.2 Å². The van der Waals surface area contributed by atoms with Crippen molar-refractivity contribution >= 4 is 0 Å². The summed E-state index contributed by atoms with van der Waals surface area (Å²) in [5.74, 6) is 2.13. The van der Waals surface area contributed by atoms with E-state index < -0.39 is 0 Å². The molecule has 0 saturated heterocycles. The zero-order valence-electron chi connectivity index (χ0n) is 10.6. The molecule has 0 N–H and O–H groups in total. The molecular weight excluding hydrogens is 228 g/mol. The van der Waals surface area contributed by atoms with Crippen molar-refractivity contribution in [3.05, 3.63) is 54.1 Å². The Balaban J connectivity index is 2.09. The summed E-state index contributed by atoms with van der Waals surface area (Å²) in [6, 6.07) is 15.5. The highest BCUT2D eigenvalue weighted by atomic mass is 16.5. The van der Waals surface area contributed by atoms with Crippen LogP contribution >= 0.6 is 0 Å². The third-order valence-electron chi connectivity index (χ3n) is 2.61. The summed E-state index contributed by atoms with van der Waals surface area (Å²) in [5.41, 5.74) is 1.12. The molecule has 0 aliphatic carbocycles. The summed E-state index contributed by atoms with van der Waals surface area (Å²) in [6.45, 7) is 0.517. The molecule has 0 fully saturated rings. The highest BCUT2D eigenvalue weighted by Crippen LogP contribution is 2.31. The lowest BCUT2D eigenvalue weighted by atomic mass is 10.2. The molecule has 2 aromatic rings. The standard InChI is InChI=1S/C15H16O3/c1-16-13-8-9-14(15(10-13)17-2)18-11-12-6-4-3-5-7-12/h3-10H,11H2,1-2H3. The van der Waals surface area contributed by atoms with E-state index >= 15 is 0 Å². The SMILES string of the molecule is COc1ccc(OCc2ccccc2)c(OC)c1. The normalized spacial score (nSPS) is 9.89. The van der Waals surface area contributed by atoms with Gasteiger partial charge >= 0.3 is 0 Å². The smallest absolute Gasteiger partial charge is 0.164 e. The molecule has 0 aromatic heterocycles. The van der Waals surface area contributed by atoms with Gasteiger partial charge in [0.15, 0.2) is 11.5 Å². The molecule has 0 atom stereocenters. The second-order valence-corrected chi connectivity index (χ2v) is 3.79. The summed E-state index contributed by atoms with van der Waals surface area (Å²) in [5, 5.41) is 0. The first-order valence-electron chi connectivity index (χ1n) is 5.72. The minimum atomic E-state index is 0.517. The number of hydrogen-bond acceptors (Lipinski definition) is 3. The first kappa shape index (κ1) is 12.3. The third kappa shape index (κ3) is 2.94. The van der Waals surface area contributed by atoms with Crippen LogP contribution in [0.4, 0.5) is 0 Å². The van der Waals surface area contributed by atoms with Crippen LogP contribution in [-0.2, 0) is 6.61 Å². The van der Waals surface area contributed by atoms with Gasteiger partial charge < -0.3 is 14.2 Å². The molecule has 0 amide bonds. The molecule has 0 heterocycles. The van der Waals surface area contributed by atoms with E-state index in [0.29, 0.717) is 18.1 Å². The van der Waals surface area contributed by atoms with Gasteiger partial charge in [-0.2, -0.15) is 0 Å². The van der Waals surface area contributed by atoms with Crippen LogP contribution in [0, 0.1) is 0 Å². The summed E-state index contributed by atoms with van der Waals surface area (Å²) >= 11 is 0. The van der Waals surface area contributed by atoms with Crippen molar-refractivity contribution in [3.63, 3.8) is 0 Å². The molecule has 0 aliphatic rings. The first-order valence-corrected chi connectivity index (χ1v) is 5.72. The summed E-state index contributed by atoms with van der Waals surface area (Å²) < 4.78 is 16.1. The second kappa shape index (κ2) is 5.96. The molecule has 0 saturated carbocycles. The molecule has 2 aromatic carbocycles. The predicted octanol–water partition coefficient (Wildman–Crippen LogP) is 3.28. The molecule has 0 bridgehead atoms. The maximum absolute atomic E-state index is 5.73. The van der Waals surface area contributed by atoms with Gasteiger partial charge in [0.1, 0.15) is 12.4 Å². The number of hydrogen-bond donors (Lipinski definition) is 0. The molecule has 94 valence electrons. The maximum atomic E-state index is 5.73. The number of benzene rings is 2.